The molecule has 2 aromatic rings. The van der Waals surface area contributed by atoms with Crippen LogP contribution in [0.3, 0.4) is 0 Å². The van der Waals surface area contributed by atoms with Crippen LogP contribution in [-0.4, -0.2) is 27.1 Å². The fourth-order valence-electron chi connectivity index (χ4n) is 1.85. The van der Waals surface area contributed by atoms with Crippen LogP contribution in [0.5, 0.6) is 0 Å². The van der Waals surface area contributed by atoms with Crippen molar-refractivity contribution < 1.29 is 19.7 Å². The fourth-order valence-corrected chi connectivity index (χ4v) is 1.85. The summed E-state index contributed by atoms with van der Waals surface area (Å²) in [5, 5.41) is 34.5. The standard InChI is InChI=1S/C14H10N4O6/c19-14(20)11-4-2-1-3-9(11)8-15-16-12-6-5-10(17(21)22)7-13(12)18(23)24/h1-8,16H,(H,19,20). The maximum Gasteiger partial charge on any atom is 0.336 e. The van der Waals surface area contributed by atoms with E-state index >= 15 is 0 Å². The van der Waals surface area contributed by atoms with Crippen LogP contribution in [0.25, 0.3) is 0 Å². The molecule has 0 saturated carbocycles. The molecule has 0 fully saturated rings. The first-order valence-corrected chi connectivity index (χ1v) is 6.44. The van der Waals surface area contributed by atoms with E-state index in [1.54, 1.807) is 12.1 Å². The Balaban J connectivity index is 2.28. The number of rotatable bonds is 6. The lowest BCUT2D eigenvalue weighted by Gasteiger charge is -2.03. The number of carbonyl (C=O) groups is 1. The molecule has 0 radical (unpaired) electrons. The van der Waals surface area contributed by atoms with Crippen molar-refractivity contribution in [2.75, 3.05) is 5.43 Å². The predicted molar refractivity (Wildman–Crippen MR) is 84.4 cm³/mol. The molecule has 0 aromatic heterocycles. The third-order valence-corrected chi connectivity index (χ3v) is 2.97. The minimum absolute atomic E-state index is 0.0150. The van der Waals surface area contributed by atoms with Crippen molar-refractivity contribution in [2.24, 2.45) is 5.10 Å². The van der Waals surface area contributed by atoms with Gasteiger partial charge in [-0.25, -0.2) is 4.79 Å². The molecule has 2 rings (SSSR count). The number of benzene rings is 2. The van der Waals surface area contributed by atoms with Crippen molar-refractivity contribution >= 4 is 29.2 Å². The Morgan fingerprint density at radius 1 is 1.12 bits per heavy atom. The normalized spacial score (nSPS) is 10.5. The summed E-state index contributed by atoms with van der Waals surface area (Å²) >= 11 is 0. The summed E-state index contributed by atoms with van der Waals surface area (Å²) in [7, 11) is 0. The van der Waals surface area contributed by atoms with E-state index in [4.69, 9.17) is 5.11 Å². The molecule has 10 nitrogen and oxygen atoms in total. The summed E-state index contributed by atoms with van der Waals surface area (Å²) in [5.74, 6) is -1.14. The summed E-state index contributed by atoms with van der Waals surface area (Å²) in [6.45, 7) is 0. The fraction of sp³-hybridized carbons (Fsp3) is 0. The summed E-state index contributed by atoms with van der Waals surface area (Å²) in [6, 6.07) is 9.12. The smallest absolute Gasteiger partial charge is 0.336 e. The van der Waals surface area contributed by atoms with E-state index < -0.39 is 27.2 Å². The van der Waals surface area contributed by atoms with E-state index in [9.17, 15) is 25.0 Å². The number of aromatic carboxylic acids is 1. The summed E-state index contributed by atoms with van der Waals surface area (Å²) in [4.78, 5) is 31.2. The average molecular weight is 330 g/mol. The topological polar surface area (TPSA) is 148 Å². The molecule has 0 spiro atoms. The first-order chi connectivity index (χ1) is 11.4. The van der Waals surface area contributed by atoms with Gasteiger partial charge in [0.05, 0.1) is 27.7 Å². The van der Waals surface area contributed by atoms with E-state index in [2.05, 4.69) is 10.5 Å². The van der Waals surface area contributed by atoms with Crippen LogP contribution in [-0.2, 0) is 0 Å². The highest BCUT2D eigenvalue weighted by Crippen LogP contribution is 2.28. The van der Waals surface area contributed by atoms with Crippen LogP contribution in [0.4, 0.5) is 17.1 Å². The number of nitro groups is 2. The zero-order valence-electron chi connectivity index (χ0n) is 11.9. The van der Waals surface area contributed by atoms with Crippen molar-refractivity contribution in [1.29, 1.82) is 0 Å². The quantitative estimate of drug-likeness (QED) is 0.470. The van der Waals surface area contributed by atoms with Crippen LogP contribution < -0.4 is 5.43 Å². The molecule has 10 heteroatoms. The predicted octanol–water partition coefficient (Wildman–Crippen LogP) is 2.65. The molecule has 2 N–H and O–H groups in total. The molecule has 0 aliphatic heterocycles. The Hall–Kier alpha value is -3.82. The van der Waals surface area contributed by atoms with Gasteiger partial charge in [0.2, 0.25) is 0 Å². The van der Waals surface area contributed by atoms with E-state index in [1.165, 1.54) is 18.3 Å². The van der Waals surface area contributed by atoms with Crippen LogP contribution in [0.2, 0.25) is 0 Å². The van der Waals surface area contributed by atoms with Crippen molar-refractivity contribution in [3.63, 3.8) is 0 Å². The number of non-ortho nitro benzene ring substituents is 1. The summed E-state index contributed by atoms with van der Waals surface area (Å²) < 4.78 is 0. The lowest BCUT2D eigenvalue weighted by Crippen LogP contribution is -2.03. The number of carboxylic acids is 1. The molecule has 0 saturated heterocycles. The molecule has 0 atom stereocenters. The molecular weight excluding hydrogens is 320 g/mol. The van der Waals surface area contributed by atoms with Crippen molar-refractivity contribution in [3.05, 3.63) is 73.8 Å². The molecule has 0 unspecified atom stereocenters. The molecule has 24 heavy (non-hydrogen) atoms. The van der Waals surface area contributed by atoms with Crippen molar-refractivity contribution in [2.45, 2.75) is 0 Å². The van der Waals surface area contributed by atoms with E-state index in [0.29, 0.717) is 5.56 Å². The van der Waals surface area contributed by atoms with Crippen molar-refractivity contribution in [1.82, 2.24) is 0 Å². The van der Waals surface area contributed by atoms with Gasteiger partial charge in [-0.3, -0.25) is 25.7 Å². The number of anilines is 1. The second-order valence-corrected chi connectivity index (χ2v) is 4.48. The zero-order chi connectivity index (χ0) is 17.7. The Kier molecular flexibility index (Phi) is 4.80. The molecule has 122 valence electrons. The number of hydrogen-bond acceptors (Lipinski definition) is 7. The Labute approximate surface area is 134 Å². The Morgan fingerprint density at radius 3 is 2.46 bits per heavy atom. The molecule has 0 bridgehead atoms. The van der Waals surface area contributed by atoms with Crippen molar-refractivity contribution in [3.8, 4) is 0 Å². The van der Waals surface area contributed by atoms with Gasteiger partial charge in [0.15, 0.2) is 0 Å². The largest absolute Gasteiger partial charge is 0.478 e. The Morgan fingerprint density at radius 2 is 1.83 bits per heavy atom. The van der Waals surface area contributed by atoms with Crippen LogP contribution in [0, 0.1) is 20.2 Å². The number of nitrogens with one attached hydrogen (secondary N) is 1. The van der Waals surface area contributed by atoms with Gasteiger partial charge in [-0.2, -0.15) is 5.10 Å². The van der Waals surface area contributed by atoms with Gasteiger partial charge in [-0.15, -0.1) is 0 Å². The highest BCUT2D eigenvalue weighted by atomic mass is 16.6. The first-order valence-electron chi connectivity index (χ1n) is 6.44. The zero-order valence-corrected chi connectivity index (χ0v) is 11.9. The maximum absolute atomic E-state index is 11.1. The third kappa shape index (κ3) is 3.68. The van der Waals surface area contributed by atoms with Gasteiger partial charge in [-0.05, 0) is 12.1 Å². The van der Waals surface area contributed by atoms with Crippen LogP contribution in [0.1, 0.15) is 15.9 Å². The maximum atomic E-state index is 11.1. The third-order valence-electron chi connectivity index (χ3n) is 2.97. The van der Waals surface area contributed by atoms with E-state index in [-0.39, 0.29) is 11.3 Å². The lowest BCUT2D eigenvalue weighted by atomic mass is 10.1. The van der Waals surface area contributed by atoms with Gasteiger partial charge >= 0.3 is 11.7 Å². The van der Waals surface area contributed by atoms with Gasteiger partial charge in [0, 0.05) is 11.6 Å². The van der Waals surface area contributed by atoms with Gasteiger partial charge < -0.3 is 5.11 Å². The number of carboxylic acid groups (broad SMARTS) is 1. The molecular formula is C14H10N4O6. The minimum Gasteiger partial charge on any atom is -0.478 e. The number of nitrogens with zero attached hydrogens (tertiary/aromatic N) is 3. The second kappa shape index (κ2) is 6.96. The molecule has 2 aromatic carbocycles. The van der Waals surface area contributed by atoms with Gasteiger partial charge in [0.25, 0.3) is 5.69 Å². The highest BCUT2D eigenvalue weighted by Gasteiger charge is 2.19. The minimum atomic E-state index is -1.14. The first kappa shape index (κ1) is 16.5. The SMILES string of the molecule is O=C(O)c1ccccc1C=NNc1ccc([N+](=O)[O-])cc1[N+](=O)[O-]. The monoisotopic (exact) mass is 330 g/mol. The molecule has 0 aliphatic carbocycles. The van der Waals surface area contributed by atoms with Gasteiger partial charge in [0.1, 0.15) is 5.69 Å². The lowest BCUT2D eigenvalue weighted by molar-refractivity contribution is -0.393. The Bertz CT molecular complexity index is 849. The number of hydrazone groups is 1. The average Bonchev–Trinajstić information content (AvgIpc) is 2.55. The van der Waals surface area contributed by atoms with Gasteiger partial charge in [-0.1, -0.05) is 18.2 Å². The van der Waals surface area contributed by atoms with Crippen LogP contribution >= 0.6 is 0 Å². The molecule has 0 aliphatic rings. The number of hydrogen-bond donors (Lipinski definition) is 2. The summed E-state index contributed by atoms with van der Waals surface area (Å²) in [5.41, 5.74) is 1.69. The molecule has 0 amide bonds. The second-order valence-electron chi connectivity index (χ2n) is 4.48. The molecule has 0 heterocycles. The highest BCUT2D eigenvalue weighted by molar-refractivity contribution is 5.98. The van der Waals surface area contributed by atoms with Crippen LogP contribution in [0.15, 0.2) is 47.6 Å². The van der Waals surface area contributed by atoms with E-state index in [1.807, 2.05) is 0 Å². The van der Waals surface area contributed by atoms with E-state index in [0.717, 1.165) is 18.2 Å². The number of nitro benzene ring substituents is 2. The summed E-state index contributed by atoms with van der Waals surface area (Å²) in [6.07, 6.45) is 1.19.